The first-order valence-electron chi connectivity index (χ1n) is 9.61. The van der Waals surface area contributed by atoms with Crippen LogP contribution in [-0.2, 0) is 4.79 Å². The molecule has 0 radical (unpaired) electrons. The number of hydrogen-bond acceptors (Lipinski definition) is 10. The molecule has 13 nitrogen and oxygen atoms in total. The van der Waals surface area contributed by atoms with E-state index in [4.69, 9.17) is 32.7 Å². The summed E-state index contributed by atoms with van der Waals surface area (Å²) in [7, 11) is 1.40. The van der Waals surface area contributed by atoms with Crippen LogP contribution in [0, 0.1) is 10.1 Å². The van der Waals surface area contributed by atoms with Crippen LogP contribution in [0.4, 0.5) is 17.3 Å². The van der Waals surface area contributed by atoms with Gasteiger partial charge in [-0.1, -0.05) is 35.3 Å². The Kier molecular flexibility index (Phi) is 8.43. The Morgan fingerprint density at radius 1 is 1.03 bits per heavy atom. The first-order chi connectivity index (χ1) is 16.8. The maximum atomic E-state index is 12.4. The number of benzene rings is 2. The number of carbonyl (C=O) groups excluding carboxylic acids is 2. The van der Waals surface area contributed by atoms with Gasteiger partial charge >= 0.3 is 5.69 Å². The van der Waals surface area contributed by atoms with E-state index < -0.39 is 29.0 Å². The van der Waals surface area contributed by atoms with Crippen LogP contribution in [0.3, 0.4) is 0 Å². The number of nitrogens with one attached hydrogen (secondary N) is 4. The molecule has 3 rings (SSSR count). The zero-order valence-corrected chi connectivity index (χ0v) is 19.4. The van der Waals surface area contributed by atoms with E-state index >= 15 is 0 Å². The molecule has 15 heteroatoms. The molecule has 1 aromatic heterocycles. The van der Waals surface area contributed by atoms with E-state index in [1.807, 2.05) is 0 Å². The van der Waals surface area contributed by atoms with Crippen molar-refractivity contribution in [3.63, 3.8) is 0 Å². The lowest BCUT2D eigenvalue weighted by molar-refractivity contribution is -0.383. The van der Waals surface area contributed by atoms with Crippen LogP contribution in [0.15, 0.2) is 48.8 Å². The summed E-state index contributed by atoms with van der Waals surface area (Å²) in [6.45, 7) is -0.465. The Morgan fingerprint density at radius 2 is 1.71 bits per heavy atom. The van der Waals surface area contributed by atoms with Crippen molar-refractivity contribution in [2.24, 2.45) is 0 Å². The van der Waals surface area contributed by atoms with Crippen LogP contribution < -0.4 is 31.2 Å². The molecule has 0 aliphatic heterocycles. The lowest BCUT2D eigenvalue weighted by atomic mass is 10.2. The zero-order chi connectivity index (χ0) is 25.4. The summed E-state index contributed by atoms with van der Waals surface area (Å²) in [5, 5.41) is 12.2. The lowest BCUT2D eigenvalue weighted by Crippen LogP contribution is -2.35. The molecular weight excluding hydrogens is 505 g/mol. The Morgan fingerprint density at radius 3 is 2.37 bits per heavy atom. The Balaban J connectivity index is 1.64. The third kappa shape index (κ3) is 6.59. The van der Waals surface area contributed by atoms with Crippen molar-refractivity contribution in [2.75, 3.05) is 24.6 Å². The highest BCUT2D eigenvalue weighted by atomic mass is 35.5. The number of para-hydroxylation sites is 1. The highest BCUT2D eigenvalue weighted by Gasteiger charge is 2.24. The van der Waals surface area contributed by atoms with Gasteiger partial charge in [-0.15, -0.1) is 0 Å². The minimum absolute atomic E-state index is 0.186. The molecule has 1 heterocycles. The predicted octanol–water partition coefficient (Wildman–Crippen LogP) is 2.98. The van der Waals surface area contributed by atoms with Crippen LogP contribution in [0.5, 0.6) is 11.5 Å². The monoisotopic (exact) mass is 521 g/mol. The number of aromatic nitrogens is 2. The van der Waals surface area contributed by atoms with Crippen molar-refractivity contribution in [1.82, 2.24) is 20.8 Å². The fraction of sp³-hybridized carbons (Fsp3) is 0.100. The van der Waals surface area contributed by atoms with Crippen LogP contribution in [0.25, 0.3) is 0 Å². The van der Waals surface area contributed by atoms with E-state index in [-0.39, 0.29) is 28.0 Å². The number of hydrogen-bond donors (Lipinski definition) is 4. The number of hydrazine groups is 2. The minimum Gasteiger partial charge on any atom is -0.496 e. The molecule has 3 aromatic rings. The number of halogens is 2. The largest absolute Gasteiger partial charge is 0.496 e. The van der Waals surface area contributed by atoms with E-state index in [9.17, 15) is 19.7 Å². The molecule has 0 saturated carbocycles. The molecule has 0 atom stereocenters. The summed E-state index contributed by atoms with van der Waals surface area (Å²) < 4.78 is 10.4. The highest BCUT2D eigenvalue weighted by Crippen LogP contribution is 2.29. The van der Waals surface area contributed by atoms with Crippen molar-refractivity contribution in [3.05, 3.63) is 74.5 Å². The molecule has 0 saturated heterocycles. The number of anilines is 2. The fourth-order valence-corrected chi connectivity index (χ4v) is 3.11. The quantitative estimate of drug-likeness (QED) is 0.229. The van der Waals surface area contributed by atoms with Gasteiger partial charge in [-0.3, -0.25) is 41.4 Å². The smallest absolute Gasteiger partial charge is 0.356 e. The summed E-state index contributed by atoms with van der Waals surface area (Å²) >= 11 is 11.8. The average molecular weight is 522 g/mol. The lowest BCUT2D eigenvalue weighted by Gasteiger charge is -2.13. The molecule has 4 N–H and O–H groups in total. The molecule has 0 aliphatic carbocycles. The van der Waals surface area contributed by atoms with Gasteiger partial charge in [-0.25, -0.2) is 9.97 Å². The molecular formula is C20H17Cl2N7O6. The van der Waals surface area contributed by atoms with Crippen molar-refractivity contribution >= 4 is 52.3 Å². The van der Waals surface area contributed by atoms with Crippen LogP contribution in [0.2, 0.25) is 10.0 Å². The molecule has 35 heavy (non-hydrogen) atoms. The normalized spacial score (nSPS) is 10.1. The number of rotatable bonds is 10. The third-order valence-corrected chi connectivity index (χ3v) is 4.75. The summed E-state index contributed by atoms with van der Waals surface area (Å²) in [5.74, 6) is -1.49. The number of carbonyl (C=O) groups is 2. The standard InChI is InChI=1S/C20H17Cl2N7O6/c1-34-14-5-3-2-4-12(14)20(31)28-27-19-17(29(32)33)18(23-10-24-19)26-25-16(30)9-35-15-7-6-11(21)8-13(15)22/h2-8,10H,9H2,1H3,(H,25,30)(H,28,31)(H2,23,24,26,27). The number of nitrogens with zero attached hydrogens (tertiary/aromatic N) is 3. The number of methoxy groups -OCH3 is 1. The van der Waals surface area contributed by atoms with Crippen LogP contribution in [-0.4, -0.2) is 40.4 Å². The van der Waals surface area contributed by atoms with E-state index in [1.54, 1.807) is 18.2 Å². The van der Waals surface area contributed by atoms with E-state index in [0.717, 1.165) is 6.33 Å². The van der Waals surface area contributed by atoms with Crippen molar-refractivity contribution in [1.29, 1.82) is 0 Å². The van der Waals surface area contributed by atoms with Crippen molar-refractivity contribution in [2.45, 2.75) is 0 Å². The molecule has 182 valence electrons. The molecule has 2 aromatic carbocycles. The van der Waals surface area contributed by atoms with E-state index in [2.05, 4.69) is 31.7 Å². The van der Waals surface area contributed by atoms with Gasteiger partial charge in [0, 0.05) is 5.02 Å². The summed E-state index contributed by atoms with van der Waals surface area (Å²) in [6, 6.07) is 10.9. The second kappa shape index (κ2) is 11.7. The van der Waals surface area contributed by atoms with Gasteiger partial charge in [-0.2, -0.15) is 0 Å². The second-order valence-electron chi connectivity index (χ2n) is 6.49. The van der Waals surface area contributed by atoms with Gasteiger partial charge < -0.3 is 9.47 Å². The summed E-state index contributed by atoms with van der Waals surface area (Å²) in [5.41, 5.74) is 8.78. The summed E-state index contributed by atoms with van der Waals surface area (Å²) in [4.78, 5) is 42.9. The SMILES string of the molecule is COc1ccccc1C(=O)NNc1ncnc(NNC(=O)COc2ccc(Cl)cc2Cl)c1[N+](=O)[O-]. The maximum absolute atomic E-state index is 12.4. The van der Waals surface area contributed by atoms with Gasteiger partial charge in [0.25, 0.3) is 11.8 Å². The summed E-state index contributed by atoms with van der Waals surface area (Å²) in [6.07, 6.45) is 0.989. The van der Waals surface area contributed by atoms with Gasteiger partial charge in [0.1, 0.15) is 17.8 Å². The fourth-order valence-electron chi connectivity index (χ4n) is 2.65. The Hall–Kier alpha value is -4.36. The van der Waals surface area contributed by atoms with Gasteiger partial charge in [-0.05, 0) is 30.3 Å². The molecule has 0 bridgehead atoms. The topological polar surface area (TPSA) is 170 Å². The number of amides is 2. The maximum Gasteiger partial charge on any atom is 0.356 e. The second-order valence-corrected chi connectivity index (χ2v) is 7.34. The number of ether oxygens (including phenoxy) is 2. The third-order valence-electron chi connectivity index (χ3n) is 4.22. The van der Waals surface area contributed by atoms with Gasteiger partial charge in [0.15, 0.2) is 6.61 Å². The molecule has 0 spiro atoms. The van der Waals surface area contributed by atoms with Crippen molar-refractivity contribution < 1.29 is 24.0 Å². The van der Waals surface area contributed by atoms with E-state index in [1.165, 1.54) is 31.4 Å². The molecule has 0 unspecified atom stereocenters. The van der Waals surface area contributed by atoms with E-state index in [0.29, 0.717) is 10.8 Å². The first kappa shape index (κ1) is 25.3. The first-order valence-corrected chi connectivity index (χ1v) is 10.4. The van der Waals surface area contributed by atoms with Gasteiger partial charge in [0.05, 0.1) is 22.6 Å². The van der Waals surface area contributed by atoms with Gasteiger partial charge in [0.2, 0.25) is 11.6 Å². The zero-order valence-electron chi connectivity index (χ0n) is 17.9. The number of nitro groups is 1. The average Bonchev–Trinajstić information content (AvgIpc) is 2.85. The minimum atomic E-state index is -0.796. The van der Waals surface area contributed by atoms with Crippen LogP contribution in [0.1, 0.15) is 10.4 Å². The molecule has 2 amide bonds. The Labute approximate surface area is 207 Å². The van der Waals surface area contributed by atoms with Crippen molar-refractivity contribution in [3.8, 4) is 11.5 Å². The highest BCUT2D eigenvalue weighted by molar-refractivity contribution is 6.35. The molecule has 0 fully saturated rings. The predicted molar refractivity (Wildman–Crippen MR) is 126 cm³/mol. The Bertz CT molecular complexity index is 1260. The van der Waals surface area contributed by atoms with Crippen LogP contribution >= 0.6 is 23.2 Å². The molecule has 0 aliphatic rings.